The van der Waals surface area contributed by atoms with Crippen molar-refractivity contribution in [3.8, 4) is 28.6 Å². The second-order valence-electron chi connectivity index (χ2n) is 8.34. The highest BCUT2D eigenvalue weighted by molar-refractivity contribution is 6.34. The van der Waals surface area contributed by atoms with Crippen molar-refractivity contribution >= 4 is 28.5 Å². The molecule has 0 radical (unpaired) electrons. The summed E-state index contributed by atoms with van der Waals surface area (Å²) in [5, 5.41) is 9.42. The summed E-state index contributed by atoms with van der Waals surface area (Å²) in [5.41, 5.74) is -0.0395. The van der Waals surface area contributed by atoms with Crippen LogP contribution in [0.4, 0.5) is 13.2 Å². The van der Waals surface area contributed by atoms with Crippen LogP contribution in [0.25, 0.3) is 22.3 Å². The average molecular weight is 543 g/mol. The van der Waals surface area contributed by atoms with Gasteiger partial charge in [-0.05, 0) is 31.0 Å². The first kappa shape index (κ1) is 26.6. The predicted molar refractivity (Wildman–Crippen MR) is 127 cm³/mol. The largest absolute Gasteiger partial charge is 0.493 e. The van der Waals surface area contributed by atoms with Gasteiger partial charge in [-0.3, -0.25) is 9.59 Å². The van der Waals surface area contributed by atoms with Crippen molar-refractivity contribution in [2.75, 3.05) is 26.9 Å². The van der Waals surface area contributed by atoms with Gasteiger partial charge in [0.15, 0.2) is 29.1 Å². The van der Waals surface area contributed by atoms with E-state index in [1.54, 1.807) is 18.2 Å². The maximum absolute atomic E-state index is 12.8. The normalized spacial score (nSPS) is 17.3. The van der Waals surface area contributed by atoms with Crippen LogP contribution in [0.5, 0.6) is 17.2 Å². The standard InChI is InChI=1S/C25H22ClF3O8/c1-33-21-9-16(20-10-18(30)15-3-2-4-17(26)23(15)37-20)19(11-22(21)36-12-25(27,28)29)35-6-5-34-14-7-13(8-14)24(31)32/h2-4,9-11,13-14H,5-8,12H2,1H3,(H,31,32)/t13-,14+. The van der Waals surface area contributed by atoms with Gasteiger partial charge in [-0.25, -0.2) is 0 Å². The Balaban J connectivity index is 1.63. The third kappa shape index (κ3) is 6.28. The molecule has 1 aromatic heterocycles. The molecule has 2 aromatic carbocycles. The average Bonchev–Trinajstić information content (AvgIpc) is 2.81. The molecular formula is C25H22ClF3O8. The highest BCUT2D eigenvalue weighted by Gasteiger charge is 2.35. The highest BCUT2D eigenvalue weighted by Crippen LogP contribution is 2.41. The van der Waals surface area contributed by atoms with E-state index in [0.717, 1.165) is 0 Å². The quantitative estimate of drug-likeness (QED) is 0.343. The molecule has 4 rings (SSSR count). The Bertz CT molecular complexity index is 1350. The minimum absolute atomic E-state index is 0.0230. The minimum Gasteiger partial charge on any atom is -0.493 e. The summed E-state index contributed by atoms with van der Waals surface area (Å²) < 4.78 is 65.7. The Labute approximate surface area is 213 Å². The van der Waals surface area contributed by atoms with Crippen molar-refractivity contribution in [2.24, 2.45) is 5.92 Å². The Morgan fingerprint density at radius 2 is 1.86 bits per heavy atom. The minimum atomic E-state index is -4.59. The Morgan fingerprint density at radius 3 is 2.54 bits per heavy atom. The van der Waals surface area contributed by atoms with Crippen molar-refractivity contribution in [1.82, 2.24) is 0 Å². The van der Waals surface area contributed by atoms with Gasteiger partial charge in [-0.15, -0.1) is 0 Å². The van der Waals surface area contributed by atoms with Crippen LogP contribution < -0.4 is 19.6 Å². The molecule has 1 heterocycles. The number of aliphatic carboxylic acids is 1. The molecule has 0 bridgehead atoms. The molecule has 12 heteroatoms. The lowest BCUT2D eigenvalue weighted by Gasteiger charge is -2.32. The zero-order chi connectivity index (χ0) is 26.7. The number of para-hydroxylation sites is 1. The third-order valence-electron chi connectivity index (χ3n) is 5.77. The Hall–Kier alpha value is -3.44. The molecule has 1 aliphatic rings. The van der Waals surface area contributed by atoms with Gasteiger partial charge in [0.05, 0.1) is 41.7 Å². The number of methoxy groups -OCH3 is 1. The van der Waals surface area contributed by atoms with E-state index in [1.165, 1.54) is 25.3 Å². The lowest BCUT2D eigenvalue weighted by Crippen LogP contribution is -2.37. The molecule has 1 aliphatic carbocycles. The fourth-order valence-corrected chi connectivity index (χ4v) is 4.04. The van der Waals surface area contributed by atoms with Crippen LogP contribution in [0, 0.1) is 5.92 Å². The van der Waals surface area contributed by atoms with Gasteiger partial charge in [-0.2, -0.15) is 13.2 Å². The van der Waals surface area contributed by atoms with Gasteiger partial charge < -0.3 is 28.5 Å². The second kappa shape index (κ2) is 10.9. The number of fused-ring (bicyclic) bond motifs is 1. The molecule has 1 saturated carbocycles. The van der Waals surface area contributed by atoms with Crippen molar-refractivity contribution in [3.63, 3.8) is 0 Å². The van der Waals surface area contributed by atoms with Gasteiger partial charge in [0.2, 0.25) is 0 Å². The molecular weight excluding hydrogens is 521 g/mol. The number of hydrogen-bond donors (Lipinski definition) is 1. The van der Waals surface area contributed by atoms with Crippen LogP contribution in [0.1, 0.15) is 12.8 Å². The van der Waals surface area contributed by atoms with E-state index in [4.69, 9.17) is 40.1 Å². The fourth-order valence-electron chi connectivity index (χ4n) is 3.83. The van der Waals surface area contributed by atoms with Gasteiger partial charge >= 0.3 is 12.1 Å². The maximum atomic E-state index is 12.8. The van der Waals surface area contributed by atoms with Crippen LogP contribution in [0.2, 0.25) is 5.02 Å². The second-order valence-corrected chi connectivity index (χ2v) is 8.75. The van der Waals surface area contributed by atoms with Crippen LogP contribution in [0.3, 0.4) is 0 Å². The molecule has 8 nitrogen and oxygen atoms in total. The molecule has 198 valence electrons. The van der Waals surface area contributed by atoms with Crippen molar-refractivity contribution in [3.05, 3.63) is 51.6 Å². The lowest BCUT2D eigenvalue weighted by molar-refractivity contribution is -0.153. The molecule has 0 saturated heterocycles. The van der Waals surface area contributed by atoms with Crippen LogP contribution in [-0.2, 0) is 9.53 Å². The summed E-state index contributed by atoms with van der Waals surface area (Å²) in [6.07, 6.45) is -4.02. The maximum Gasteiger partial charge on any atom is 0.422 e. The number of hydrogen-bond acceptors (Lipinski definition) is 7. The van der Waals surface area contributed by atoms with Crippen molar-refractivity contribution in [2.45, 2.75) is 25.1 Å². The number of benzene rings is 2. The molecule has 0 atom stereocenters. The molecule has 3 aromatic rings. The third-order valence-corrected chi connectivity index (χ3v) is 6.07. The molecule has 0 amide bonds. The van der Waals surface area contributed by atoms with Crippen molar-refractivity contribution < 1.29 is 46.4 Å². The first-order valence-corrected chi connectivity index (χ1v) is 11.5. The summed E-state index contributed by atoms with van der Waals surface area (Å²) in [6.45, 7) is -1.49. The van der Waals surface area contributed by atoms with Crippen LogP contribution >= 0.6 is 11.6 Å². The predicted octanol–water partition coefficient (Wildman–Crippen LogP) is 5.32. The number of alkyl halides is 3. The first-order valence-electron chi connectivity index (χ1n) is 11.2. The fraction of sp³-hybridized carbons (Fsp3) is 0.360. The topological polar surface area (TPSA) is 104 Å². The summed E-state index contributed by atoms with van der Waals surface area (Å²) in [7, 11) is 1.25. The number of carboxylic acids is 1. The van der Waals surface area contributed by atoms with Gasteiger partial charge in [-0.1, -0.05) is 17.7 Å². The molecule has 0 unspecified atom stereocenters. The van der Waals surface area contributed by atoms with Gasteiger partial charge in [0.1, 0.15) is 18.1 Å². The SMILES string of the molecule is COc1cc(-c2cc(=O)c3cccc(Cl)c3o2)c(OCCO[C@H]2C[C@@H](C(=O)O)C2)cc1OCC(F)(F)F. The number of halogens is 4. The van der Waals surface area contributed by atoms with E-state index in [2.05, 4.69) is 0 Å². The molecule has 1 N–H and O–H groups in total. The summed E-state index contributed by atoms with van der Waals surface area (Å²) in [5.74, 6) is -1.49. The van der Waals surface area contributed by atoms with Crippen LogP contribution in [-0.4, -0.2) is 50.3 Å². The smallest absolute Gasteiger partial charge is 0.422 e. The molecule has 0 aliphatic heterocycles. The van der Waals surface area contributed by atoms with E-state index in [9.17, 15) is 22.8 Å². The van der Waals surface area contributed by atoms with Gasteiger partial charge in [0, 0.05) is 12.1 Å². The monoisotopic (exact) mass is 542 g/mol. The number of rotatable bonds is 10. The van der Waals surface area contributed by atoms with Gasteiger partial charge in [0.25, 0.3) is 0 Å². The van der Waals surface area contributed by atoms with Crippen LogP contribution in [0.15, 0.2) is 45.6 Å². The first-order chi connectivity index (χ1) is 17.6. The number of carbonyl (C=O) groups is 1. The summed E-state index contributed by atoms with van der Waals surface area (Å²) in [6, 6.07) is 8.47. The van der Waals surface area contributed by atoms with E-state index in [1.807, 2.05) is 0 Å². The summed E-state index contributed by atoms with van der Waals surface area (Å²) in [4.78, 5) is 23.6. The van der Waals surface area contributed by atoms with E-state index in [0.29, 0.717) is 12.8 Å². The molecule has 1 fully saturated rings. The van der Waals surface area contributed by atoms with Crippen molar-refractivity contribution in [1.29, 1.82) is 0 Å². The number of carboxylic acid groups (broad SMARTS) is 1. The Kier molecular flexibility index (Phi) is 7.84. The highest BCUT2D eigenvalue weighted by atomic mass is 35.5. The van der Waals surface area contributed by atoms with E-state index < -0.39 is 24.7 Å². The van der Waals surface area contributed by atoms with E-state index >= 15 is 0 Å². The van der Waals surface area contributed by atoms with E-state index in [-0.39, 0.29) is 69.3 Å². The zero-order valence-corrected chi connectivity index (χ0v) is 20.2. The Morgan fingerprint density at radius 1 is 1.11 bits per heavy atom. The molecule has 37 heavy (non-hydrogen) atoms. The zero-order valence-electron chi connectivity index (χ0n) is 19.5. The molecule has 0 spiro atoms. The summed E-state index contributed by atoms with van der Waals surface area (Å²) >= 11 is 6.21. The number of ether oxygens (including phenoxy) is 4. The lowest BCUT2D eigenvalue weighted by atomic mass is 9.82.